The number of ether oxygens (including phenoxy) is 1. The van der Waals surface area contributed by atoms with E-state index in [1.807, 2.05) is 18.2 Å². The monoisotopic (exact) mass is 339 g/mol. The summed E-state index contributed by atoms with van der Waals surface area (Å²) in [5.41, 5.74) is 3.67. The fourth-order valence-electron chi connectivity index (χ4n) is 2.67. The number of benzene rings is 2. The molecule has 0 aliphatic heterocycles. The van der Waals surface area contributed by atoms with Crippen molar-refractivity contribution in [3.05, 3.63) is 65.2 Å². The molecule has 2 aromatic rings. The van der Waals surface area contributed by atoms with Crippen LogP contribution in [0.15, 0.2) is 48.5 Å². The first kappa shape index (κ1) is 19.0. The Morgan fingerprint density at radius 3 is 2.56 bits per heavy atom. The van der Waals surface area contributed by atoms with Crippen molar-refractivity contribution in [2.24, 2.45) is 0 Å². The number of carbonyl (C=O) groups excluding carboxylic acids is 1. The number of amides is 1. The van der Waals surface area contributed by atoms with E-state index in [1.165, 1.54) is 16.7 Å². The van der Waals surface area contributed by atoms with Crippen molar-refractivity contribution in [3.8, 4) is 5.75 Å². The number of nitrogens with one attached hydrogen (secondary N) is 1. The van der Waals surface area contributed by atoms with Gasteiger partial charge in [-0.25, -0.2) is 0 Å². The van der Waals surface area contributed by atoms with E-state index in [4.69, 9.17) is 4.74 Å². The topological polar surface area (TPSA) is 38.3 Å². The lowest BCUT2D eigenvalue weighted by molar-refractivity contribution is -0.121. The third-order valence-corrected chi connectivity index (χ3v) is 4.14. The minimum absolute atomic E-state index is 0.121. The summed E-state index contributed by atoms with van der Waals surface area (Å²) < 4.78 is 5.77. The van der Waals surface area contributed by atoms with Crippen molar-refractivity contribution in [1.29, 1.82) is 0 Å². The van der Waals surface area contributed by atoms with Crippen LogP contribution in [-0.2, 0) is 17.6 Å². The Hall–Kier alpha value is -2.29. The first-order valence-electron chi connectivity index (χ1n) is 9.22. The second kappa shape index (κ2) is 10.5. The third-order valence-electron chi connectivity index (χ3n) is 4.14. The highest BCUT2D eigenvalue weighted by molar-refractivity contribution is 5.76. The SMILES string of the molecule is CCCOc1ccccc1CCCNC(=O)CCc1ccc(C)cc1. The molecule has 0 unspecified atom stereocenters. The fraction of sp³-hybridized carbons (Fsp3) is 0.409. The molecule has 2 aromatic carbocycles. The van der Waals surface area contributed by atoms with Gasteiger partial charge in [0, 0.05) is 13.0 Å². The standard InChI is InChI=1S/C22H29NO2/c1-3-17-25-21-9-5-4-7-20(21)8-6-16-23-22(24)15-14-19-12-10-18(2)11-13-19/h4-5,7,9-13H,3,6,8,14-17H2,1-2H3,(H,23,24). The van der Waals surface area contributed by atoms with E-state index in [9.17, 15) is 4.79 Å². The predicted octanol–water partition coefficient (Wildman–Crippen LogP) is 4.47. The normalized spacial score (nSPS) is 10.5. The van der Waals surface area contributed by atoms with Gasteiger partial charge in [-0.2, -0.15) is 0 Å². The van der Waals surface area contributed by atoms with Crippen LogP contribution in [0.4, 0.5) is 0 Å². The molecule has 0 bridgehead atoms. The fourth-order valence-corrected chi connectivity index (χ4v) is 2.67. The van der Waals surface area contributed by atoms with Crippen LogP contribution in [0.1, 0.15) is 42.9 Å². The Labute approximate surface area is 151 Å². The third kappa shape index (κ3) is 7.00. The molecule has 25 heavy (non-hydrogen) atoms. The first-order valence-corrected chi connectivity index (χ1v) is 9.22. The van der Waals surface area contributed by atoms with E-state index < -0.39 is 0 Å². The second-order valence-electron chi connectivity index (χ2n) is 6.40. The lowest BCUT2D eigenvalue weighted by Gasteiger charge is -2.11. The van der Waals surface area contributed by atoms with Crippen LogP contribution in [-0.4, -0.2) is 19.1 Å². The van der Waals surface area contributed by atoms with E-state index in [0.717, 1.165) is 38.0 Å². The van der Waals surface area contributed by atoms with Gasteiger partial charge in [0.2, 0.25) is 5.91 Å². The number of hydrogen-bond donors (Lipinski definition) is 1. The Bertz CT molecular complexity index is 649. The molecule has 1 amide bonds. The summed E-state index contributed by atoms with van der Waals surface area (Å²) in [6, 6.07) is 16.5. The van der Waals surface area contributed by atoms with E-state index in [0.29, 0.717) is 13.0 Å². The molecule has 0 atom stereocenters. The highest BCUT2D eigenvalue weighted by atomic mass is 16.5. The lowest BCUT2D eigenvalue weighted by atomic mass is 10.1. The van der Waals surface area contributed by atoms with Gasteiger partial charge in [0.05, 0.1) is 6.61 Å². The zero-order valence-electron chi connectivity index (χ0n) is 15.4. The summed E-state index contributed by atoms with van der Waals surface area (Å²) in [7, 11) is 0. The minimum Gasteiger partial charge on any atom is -0.493 e. The molecule has 0 radical (unpaired) electrons. The summed E-state index contributed by atoms with van der Waals surface area (Å²) in [5.74, 6) is 1.09. The molecule has 0 aliphatic carbocycles. The molecule has 3 heteroatoms. The lowest BCUT2D eigenvalue weighted by Crippen LogP contribution is -2.25. The molecule has 134 valence electrons. The van der Waals surface area contributed by atoms with Crippen molar-refractivity contribution < 1.29 is 9.53 Å². The van der Waals surface area contributed by atoms with Gasteiger partial charge >= 0.3 is 0 Å². The van der Waals surface area contributed by atoms with E-state index in [-0.39, 0.29) is 5.91 Å². The zero-order valence-corrected chi connectivity index (χ0v) is 15.4. The summed E-state index contributed by atoms with van der Waals surface area (Å²) in [6.45, 7) is 5.62. The van der Waals surface area contributed by atoms with Crippen molar-refractivity contribution in [1.82, 2.24) is 5.32 Å². The maximum atomic E-state index is 12.0. The molecule has 0 aromatic heterocycles. The van der Waals surface area contributed by atoms with Gasteiger partial charge in [-0.3, -0.25) is 4.79 Å². The van der Waals surface area contributed by atoms with Gasteiger partial charge < -0.3 is 10.1 Å². The average molecular weight is 339 g/mol. The van der Waals surface area contributed by atoms with Gasteiger partial charge in [0.1, 0.15) is 5.75 Å². The Kier molecular flexibility index (Phi) is 8.03. The van der Waals surface area contributed by atoms with Crippen molar-refractivity contribution in [2.45, 2.75) is 46.0 Å². The Morgan fingerprint density at radius 2 is 1.80 bits per heavy atom. The van der Waals surface area contributed by atoms with Crippen LogP contribution in [0.25, 0.3) is 0 Å². The number of para-hydroxylation sites is 1. The Morgan fingerprint density at radius 1 is 1.04 bits per heavy atom. The molecule has 0 heterocycles. The molecule has 0 fully saturated rings. The number of carbonyl (C=O) groups is 1. The molecular formula is C22H29NO2. The summed E-state index contributed by atoms with van der Waals surface area (Å²) in [4.78, 5) is 12.0. The molecular weight excluding hydrogens is 310 g/mol. The van der Waals surface area contributed by atoms with Crippen LogP contribution in [0.2, 0.25) is 0 Å². The maximum absolute atomic E-state index is 12.0. The molecule has 0 saturated carbocycles. The van der Waals surface area contributed by atoms with E-state index in [1.54, 1.807) is 0 Å². The minimum atomic E-state index is 0.121. The van der Waals surface area contributed by atoms with Gasteiger partial charge in [0.15, 0.2) is 0 Å². The number of aryl methyl sites for hydroxylation is 3. The van der Waals surface area contributed by atoms with Gasteiger partial charge in [-0.05, 0) is 49.8 Å². The Balaban J connectivity index is 1.67. The van der Waals surface area contributed by atoms with Crippen LogP contribution in [0.5, 0.6) is 5.75 Å². The van der Waals surface area contributed by atoms with Crippen molar-refractivity contribution in [3.63, 3.8) is 0 Å². The van der Waals surface area contributed by atoms with Crippen LogP contribution < -0.4 is 10.1 Å². The summed E-state index contributed by atoms with van der Waals surface area (Å²) >= 11 is 0. The zero-order chi connectivity index (χ0) is 17.9. The highest BCUT2D eigenvalue weighted by Gasteiger charge is 2.04. The summed E-state index contributed by atoms with van der Waals surface area (Å²) in [6.07, 6.45) is 4.17. The molecule has 1 N–H and O–H groups in total. The van der Waals surface area contributed by atoms with Gasteiger partial charge in [-0.15, -0.1) is 0 Å². The average Bonchev–Trinajstić information content (AvgIpc) is 2.64. The molecule has 0 saturated heterocycles. The molecule has 3 nitrogen and oxygen atoms in total. The van der Waals surface area contributed by atoms with Crippen molar-refractivity contribution >= 4 is 5.91 Å². The molecule has 0 spiro atoms. The second-order valence-corrected chi connectivity index (χ2v) is 6.40. The molecule has 2 rings (SSSR count). The maximum Gasteiger partial charge on any atom is 0.220 e. The van der Waals surface area contributed by atoms with Gasteiger partial charge in [0.25, 0.3) is 0 Å². The molecule has 0 aliphatic rings. The van der Waals surface area contributed by atoms with Crippen LogP contribution in [0, 0.1) is 6.92 Å². The smallest absolute Gasteiger partial charge is 0.220 e. The van der Waals surface area contributed by atoms with E-state index in [2.05, 4.69) is 49.5 Å². The number of rotatable bonds is 10. The largest absolute Gasteiger partial charge is 0.493 e. The summed E-state index contributed by atoms with van der Waals surface area (Å²) in [5, 5.41) is 3.02. The first-order chi connectivity index (χ1) is 12.2. The number of hydrogen-bond acceptors (Lipinski definition) is 2. The van der Waals surface area contributed by atoms with Crippen LogP contribution >= 0.6 is 0 Å². The predicted molar refractivity (Wildman–Crippen MR) is 103 cm³/mol. The van der Waals surface area contributed by atoms with Crippen LogP contribution in [0.3, 0.4) is 0 Å². The quantitative estimate of drug-likeness (QED) is 0.649. The highest BCUT2D eigenvalue weighted by Crippen LogP contribution is 2.19. The van der Waals surface area contributed by atoms with Gasteiger partial charge in [-0.1, -0.05) is 55.0 Å². The van der Waals surface area contributed by atoms with Crippen molar-refractivity contribution in [2.75, 3.05) is 13.2 Å². The van der Waals surface area contributed by atoms with E-state index >= 15 is 0 Å².